The molecule has 0 atom stereocenters. The number of halogens is 1. The number of hydrogen-bond donors (Lipinski definition) is 1. The molecule has 2 aromatic rings. The molecule has 6 heteroatoms. The second kappa shape index (κ2) is 6.76. The van der Waals surface area contributed by atoms with E-state index >= 15 is 0 Å². The molecule has 1 aromatic carbocycles. The third-order valence-corrected chi connectivity index (χ3v) is 4.78. The first-order valence-electron chi connectivity index (χ1n) is 7.24. The van der Waals surface area contributed by atoms with Gasteiger partial charge >= 0.3 is 0 Å². The number of aliphatic imine (C=N–C) groups is 1. The normalized spacial score (nSPS) is 18.2. The molecule has 0 radical (unpaired) electrons. The van der Waals surface area contributed by atoms with Crippen molar-refractivity contribution in [3.05, 3.63) is 57.7 Å². The average molecular weight is 390 g/mol. The maximum Gasteiger partial charge on any atom is 0.264 e. The van der Waals surface area contributed by atoms with Crippen molar-refractivity contribution < 1.29 is 4.79 Å². The van der Waals surface area contributed by atoms with E-state index in [1.165, 1.54) is 11.8 Å². The average Bonchev–Trinajstić information content (AvgIpc) is 3.10. The zero-order chi connectivity index (χ0) is 16.4. The number of benzene rings is 1. The van der Waals surface area contributed by atoms with Gasteiger partial charge in [0.15, 0.2) is 5.17 Å². The zero-order valence-corrected chi connectivity index (χ0v) is 15.2. The molecule has 1 aliphatic rings. The Bertz CT molecular complexity index is 790. The highest BCUT2D eigenvalue weighted by Gasteiger charge is 2.23. The van der Waals surface area contributed by atoms with Gasteiger partial charge in [-0.3, -0.25) is 4.79 Å². The van der Waals surface area contributed by atoms with Crippen molar-refractivity contribution in [3.63, 3.8) is 0 Å². The van der Waals surface area contributed by atoms with E-state index in [0.717, 1.165) is 15.7 Å². The summed E-state index contributed by atoms with van der Waals surface area (Å²) in [6.45, 7) is 4.24. The standard InChI is InChI=1S/C17H16BrN3OS/c1-11(2)21-8-7-12(10-21)9-15-16(22)20-17(23-15)19-14-5-3-13(18)4-6-14/h3-11H,1-2H3,(H,19,20,22)/b15-9+. The number of rotatable bonds is 3. The van der Waals surface area contributed by atoms with Crippen molar-refractivity contribution in [2.45, 2.75) is 19.9 Å². The largest absolute Gasteiger partial charge is 0.351 e. The summed E-state index contributed by atoms with van der Waals surface area (Å²) in [5.41, 5.74) is 1.82. The van der Waals surface area contributed by atoms with Crippen LogP contribution in [-0.4, -0.2) is 15.6 Å². The molecule has 0 spiro atoms. The van der Waals surface area contributed by atoms with Crippen molar-refractivity contribution in [1.29, 1.82) is 0 Å². The van der Waals surface area contributed by atoms with Gasteiger partial charge in [0.05, 0.1) is 10.6 Å². The lowest BCUT2D eigenvalue weighted by molar-refractivity contribution is -0.115. The van der Waals surface area contributed by atoms with E-state index in [9.17, 15) is 4.79 Å². The highest BCUT2D eigenvalue weighted by atomic mass is 79.9. The van der Waals surface area contributed by atoms with Gasteiger partial charge in [0.2, 0.25) is 0 Å². The van der Waals surface area contributed by atoms with Gasteiger partial charge in [-0.15, -0.1) is 0 Å². The lowest BCUT2D eigenvalue weighted by Gasteiger charge is -2.04. The maximum atomic E-state index is 12.1. The number of carbonyl (C=O) groups excluding carboxylic acids is 1. The van der Waals surface area contributed by atoms with Crippen LogP contribution >= 0.6 is 27.7 Å². The number of nitrogens with one attached hydrogen (secondary N) is 1. The van der Waals surface area contributed by atoms with Crippen molar-refractivity contribution in [3.8, 4) is 0 Å². The quantitative estimate of drug-likeness (QED) is 0.771. The Morgan fingerprint density at radius 2 is 2.00 bits per heavy atom. The first kappa shape index (κ1) is 16.1. The number of hydrogen-bond acceptors (Lipinski definition) is 3. The van der Waals surface area contributed by atoms with Crippen molar-refractivity contribution >= 4 is 50.5 Å². The summed E-state index contributed by atoms with van der Waals surface area (Å²) in [4.78, 5) is 17.2. The molecular formula is C17H16BrN3OS. The Kier molecular flexibility index (Phi) is 4.73. The molecule has 1 saturated heterocycles. The number of nitrogens with zero attached hydrogens (tertiary/aromatic N) is 2. The Labute approximate surface area is 147 Å². The molecular weight excluding hydrogens is 374 g/mol. The summed E-state index contributed by atoms with van der Waals surface area (Å²) in [6, 6.07) is 10.0. The highest BCUT2D eigenvalue weighted by Crippen LogP contribution is 2.28. The van der Waals surface area contributed by atoms with Crippen LogP contribution in [0.1, 0.15) is 25.5 Å². The molecule has 1 aliphatic heterocycles. The zero-order valence-electron chi connectivity index (χ0n) is 12.8. The van der Waals surface area contributed by atoms with Gasteiger partial charge in [-0.05, 0) is 67.6 Å². The molecule has 0 aliphatic carbocycles. The van der Waals surface area contributed by atoms with Crippen molar-refractivity contribution in [2.75, 3.05) is 0 Å². The van der Waals surface area contributed by atoms with Crippen LogP contribution in [0.5, 0.6) is 0 Å². The molecule has 23 heavy (non-hydrogen) atoms. The summed E-state index contributed by atoms with van der Waals surface area (Å²) in [7, 11) is 0. The van der Waals surface area contributed by atoms with Gasteiger partial charge in [0, 0.05) is 22.9 Å². The topological polar surface area (TPSA) is 46.4 Å². The van der Waals surface area contributed by atoms with Crippen LogP contribution in [0.4, 0.5) is 5.69 Å². The molecule has 4 nitrogen and oxygen atoms in total. The van der Waals surface area contributed by atoms with Crippen molar-refractivity contribution in [1.82, 2.24) is 9.88 Å². The molecule has 0 unspecified atom stereocenters. The Morgan fingerprint density at radius 1 is 1.26 bits per heavy atom. The van der Waals surface area contributed by atoms with E-state index in [2.05, 4.69) is 44.7 Å². The van der Waals surface area contributed by atoms with Crippen LogP contribution in [-0.2, 0) is 4.79 Å². The summed E-state index contributed by atoms with van der Waals surface area (Å²) in [6.07, 6.45) is 5.95. The van der Waals surface area contributed by atoms with Crippen LogP contribution in [0.15, 0.2) is 57.1 Å². The van der Waals surface area contributed by atoms with Crippen LogP contribution in [0.2, 0.25) is 0 Å². The minimum Gasteiger partial charge on any atom is -0.351 e. The summed E-state index contributed by atoms with van der Waals surface area (Å²) >= 11 is 4.75. The monoisotopic (exact) mass is 389 g/mol. The van der Waals surface area contributed by atoms with Gasteiger partial charge in [-0.25, -0.2) is 4.99 Å². The van der Waals surface area contributed by atoms with E-state index in [-0.39, 0.29) is 5.91 Å². The van der Waals surface area contributed by atoms with E-state index < -0.39 is 0 Å². The number of thioether (sulfide) groups is 1. The molecule has 2 heterocycles. The molecule has 1 N–H and O–H groups in total. The number of amidine groups is 1. The molecule has 3 rings (SSSR count). The van der Waals surface area contributed by atoms with Crippen LogP contribution in [0.25, 0.3) is 6.08 Å². The number of amides is 1. The van der Waals surface area contributed by atoms with Crippen molar-refractivity contribution in [2.24, 2.45) is 4.99 Å². The van der Waals surface area contributed by atoms with Gasteiger partial charge < -0.3 is 9.88 Å². The summed E-state index contributed by atoms with van der Waals surface area (Å²) in [5.74, 6) is -0.108. The maximum absolute atomic E-state index is 12.1. The number of aromatic nitrogens is 1. The minimum absolute atomic E-state index is 0.108. The second-order valence-electron chi connectivity index (χ2n) is 5.44. The third-order valence-electron chi connectivity index (χ3n) is 3.34. The smallest absolute Gasteiger partial charge is 0.264 e. The summed E-state index contributed by atoms with van der Waals surface area (Å²) < 4.78 is 3.11. The SMILES string of the molecule is CC(C)n1ccc(/C=C2/SC(=Nc3ccc(Br)cc3)NC2=O)c1. The first-order valence-corrected chi connectivity index (χ1v) is 8.85. The van der Waals surface area contributed by atoms with Gasteiger partial charge in [0.25, 0.3) is 5.91 Å². The molecule has 1 amide bonds. The fraction of sp³-hybridized carbons (Fsp3) is 0.176. The molecule has 0 saturated carbocycles. The predicted molar refractivity (Wildman–Crippen MR) is 99.8 cm³/mol. The third kappa shape index (κ3) is 3.95. The van der Waals surface area contributed by atoms with Crippen LogP contribution in [0.3, 0.4) is 0 Å². The van der Waals surface area contributed by atoms with Crippen LogP contribution < -0.4 is 5.32 Å². The predicted octanol–water partition coefficient (Wildman–Crippen LogP) is 4.72. The lowest BCUT2D eigenvalue weighted by atomic mass is 10.3. The number of carbonyl (C=O) groups is 1. The van der Waals surface area contributed by atoms with E-state index in [1.54, 1.807) is 0 Å². The Hall–Kier alpha value is -1.79. The Balaban J connectivity index is 1.78. The fourth-order valence-electron chi connectivity index (χ4n) is 2.10. The van der Waals surface area contributed by atoms with Crippen LogP contribution in [0, 0.1) is 0 Å². The highest BCUT2D eigenvalue weighted by molar-refractivity contribution is 9.10. The van der Waals surface area contributed by atoms with E-state index in [4.69, 9.17) is 0 Å². The fourth-order valence-corrected chi connectivity index (χ4v) is 3.21. The molecule has 0 bridgehead atoms. The molecule has 118 valence electrons. The van der Waals surface area contributed by atoms with Gasteiger partial charge in [-0.2, -0.15) is 0 Å². The Morgan fingerprint density at radius 3 is 2.65 bits per heavy atom. The minimum atomic E-state index is -0.108. The molecule has 1 fully saturated rings. The van der Waals surface area contributed by atoms with E-state index in [0.29, 0.717) is 16.1 Å². The molecule has 1 aromatic heterocycles. The van der Waals surface area contributed by atoms with Gasteiger partial charge in [0.1, 0.15) is 0 Å². The lowest BCUT2D eigenvalue weighted by Crippen LogP contribution is -2.19. The summed E-state index contributed by atoms with van der Waals surface area (Å²) in [5, 5.41) is 3.41. The van der Waals surface area contributed by atoms with E-state index in [1.807, 2.05) is 48.8 Å². The van der Waals surface area contributed by atoms with Gasteiger partial charge in [-0.1, -0.05) is 15.9 Å². The second-order valence-corrected chi connectivity index (χ2v) is 7.39. The first-order chi connectivity index (χ1) is 11.0.